The standard InChI is InChI=1S/C23H26N4O2/c1-15(2)21(22-24-18-6-4-5-7-19(18)25-22)26-23(28)17-8-9-20-16(14-17)10-11-27(20)12-13-29-3/h4-11,14-15,21H,12-13H2,1-3H3,(H,24,25)(H,26,28)/t21-/m0/s1. The fourth-order valence-electron chi connectivity index (χ4n) is 3.62. The second-order valence-electron chi connectivity index (χ2n) is 7.61. The van der Waals surface area contributed by atoms with E-state index in [9.17, 15) is 4.79 Å². The van der Waals surface area contributed by atoms with E-state index in [0.29, 0.717) is 12.2 Å². The van der Waals surface area contributed by atoms with Crippen LogP contribution in [0.5, 0.6) is 0 Å². The Morgan fingerprint density at radius 1 is 1.21 bits per heavy atom. The molecule has 150 valence electrons. The van der Waals surface area contributed by atoms with E-state index in [1.807, 2.05) is 54.7 Å². The number of fused-ring (bicyclic) bond motifs is 2. The Bertz CT molecular complexity index is 1110. The predicted molar refractivity (Wildman–Crippen MR) is 115 cm³/mol. The van der Waals surface area contributed by atoms with Gasteiger partial charge in [0.15, 0.2) is 0 Å². The Morgan fingerprint density at radius 2 is 2.03 bits per heavy atom. The van der Waals surface area contributed by atoms with Gasteiger partial charge in [0.2, 0.25) is 0 Å². The molecule has 0 spiro atoms. The van der Waals surface area contributed by atoms with Crippen LogP contribution in [0, 0.1) is 5.92 Å². The van der Waals surface area contributed by atoms with Gasteiger partial charge in [-0.3, -0.25) is 4.79 Å². The third-order valence-corrected chi connectivity index (χ3v) is 5.23. The highest BCUT2D eigenvalue weighted by Crippen LogP contribution is 2.24. The Balaban J connectivity index is 1.57. The van der Waals surface area contributed by atoms with Crippen molar-refractivity contribution in [2.75, 3.05) is 13.7 Å². The summed E-state index contributed by atoms with van der Waals surface area (Å²) in [4.78, 5) is 21.0. The van der Waals surface area contributed by atoms with E-state index in [1.165, 1.54) is 0 Å². The topological polar surface area (TPSA) is 71.9 Å². The number of hydrogen-bond donors (Lipinski definition) is 2. The summed E-state index contributed by atoms with van der Waals surface area (Å²) in [5.41, 5.74) is 3.61. The number of aromatic nitrogens is 3. The normalized spacial score (nSPS) is 12.7. The molecule has 1 atom stereocenters. The minimum Gasteiger partial charge on any atom is -0.383 e. The molecule has 4 rings (SSSR count). The predicted octanol–water partition coefficient (Wildman–Crippen LogP) is 4.29. The van der Waals surface area contributed by atoms with E-state index in [-0.39, 0.29) is 17.9 Å². The molecule has 0 unspecified atom stereocenters. The second-order valence-corrected chi connectivity index (χ2v) is 7.61. The number of nitrogens with one attached hydrogen (secondary N) is 2. The molecule has 6 heteroatoms. The van der Waals surface area contributed by atoms with Gasteiger partial charge in [0, 0.05) is 36.3 Å². The molecule has 0 aliphatic rings. The van der Waals surface area contributed by atoms with Crippen LogP contribution in [0.15, 0.2) is 54.7 Å². The zero-order chi connectivity index (χ0) is 20.4. The molecule has 0 bridgehead atoms. The van der Waals surface area contributed by atoms with Crippen LogP contribution in [-0.4, -0.2) is 34.2 Å². The van der Waals surface area contributed by atoms with Crippen LogP contribution in [0.25, 0.3) is 21.9 Å². The van der Waals surface area contributed by atoms with Gasteiger partial charge in [-0.15, -0.1) is 0 Å². The number of ether oxygens (including phenoxy) is 1. The summed E-state index contributed by atoms with van der Waals surface area (Å²) in [7, 11) is 1.70. The maximum absolute atomic E-state index is 13.0. The van der Waals surface area contributed by atoms with Gasteiger partial charge < -0.3 is 19.6 Å². The molecule has 0 aliphatic carbocycles. The number of amides is 1. The smallest absolute Gasteiger partial charge is 0.251 e. The number of rotatable bonds is 7. The molecule has 0 fully saturated rings. The summed E-state index contributed by atoms with van der Waals surface area (Å²) in [6, 6.07) is 15.5. The van der Waals surface area contributed by atoms with Crippen LogP contribution in [0.4, 0.5) is 0 Å². The lowest BCUT2D eigenvalue weighted by Crippen LogP contribution is -2.32. The Kier molecular flexibility index (Phi) is 5.36. The Hall–Kier alpha value is -3.12. The fraction of sp³-hybridized carbons (Fsp3) is 0.304. The summed E-state index contributed by atoms with van der Waals surface area (Å²) in [6.45, 7) is 5.60. The lowest BCUT2D eigenvalue weighted by Gasteiger charge is -2.20. The number of imidazole rings is 1. The fourth-order valence-corrected chi connectivity index (χ4v) is 3.62. The van der Waals surface area contributed by atoms with Crippen molar-refractivity contribution >= 4 is 27.8 Å². The first-order chi connectivity index (χ1) is 14.1. The highest BCUT2D eigenvalue weighted by molar-refractivity contribution is 5.98. The van der Waals surface area contributed by atoms with Crippen LogP contribution in [-0.2, 0) is 11.3 Å². The van der Waals surface area contributed by atoms with Crippen molar-refractivity contribution in [3.63, 3.8) is 0 Å². The van der Waals surface area contributed by atoms with Gasteiger partial charge in [0.1, 0.15) is 5.82 Å². The second kappa shape index (κ2) is 8.09. The van der Waals surface area contributed by atoms with Crippen LogP contribution in [0.1, 0.15) is 36.1 Å². The summed E-state index contributed by atoms with van der Waals surface area (Å²) in [6.07, 6.45) is 2.02. The summed E-state index contributed by atoms with van der Waals surface area (Å²) < 4.78 is 7.29. The van der Waals surface area contributed by atoms with Crippen LogP contribution < -0.4 is 5.32 Å². The molecule has 1 amide bonds. The first-order valence-corrected chi connectivity index (χ1v) is 9.90. The number of carbonyl (C=O) groups excluding carboxylic acids is 1. The molecular formula is C23H26N4O2. The largest absolute Gasteiger partial charge is 0.383 e. The average Bonchev–Trinajstić information content (AvgIpc) is 3.33. The lowest BCUT2D eigenvalue weighted by molar-refractivity contribution is 0.0923. The SMILES string of the molecule is COCCn1ccc2cc(C(=O)N[C@H](c3nc4ccccc4[nH]3)C(C)C)ccc21. The zero-order valence-corrected chi connectivity index (χ0v) is 17.0. The molecule has 0 saturated heterocycles. The third kappa shape index (κ3) is 3.89. The molecule has 2 aromatic heterocycles. The first-order valence-electron chi connectivity index (χ1n) is 9.90. The minimum absolute atomic E-state index is 0.101. The highest BCUT2D eigenvalue weighted by Gasteiger charge is 2.22. The quantitative estimate of drug-likeness (QED) is 0.494. The number of benzene rings is 2. The number of carbonyl (C=O) groups is 1. The summed E-state index contributed by atoms with van der Waals surface area (Å²) >= 11 is 0. The van der Waals surface area contributed by atoms with Crippen LogP contribution in [0.2, 0.25) is 0 Å². The highest BCUT2D eigenvalue weighted by atomic mass is 16.5. The van der Waals surface area contributed by atoms with E-state index < -0.39 is 0 Å². The Labute approximate surface area is 169 Å². The molecule has 2 heterocycles. The molecule has 2 aromatic carbocycles. The number of hydrogen-bond acceptors (Lipinski definition) is 3. The van der Waals surface area contributed by atoms with Crippen molar-refractivity contribution in [3.05, 3.63) is 66.1 Å². The van der Waals surface area contributed by atoms with E-state index in [2.05, 4.69) is 33.7 Å². The number of H-pyrrole nitrogens is 1. The monoisotopic (exact) mass is 390 g/mol. The summed E-state index contributed by atoms with van der Waals surface area (Å²) in [5, 5.41) is 4.20. The van der Waals surface area contributed by atoms with Crippen molar-refractivity contribution in [2.24, 2.45) is 5.92 Å². The molecule has 0 saturated carbocycles. The molecule has 0 aliphatic heterocycles. The summed E-state index contributed by atoms with van der Waals surface area (Å²) in [5.74, 6) is 0.871. The number of aromatic amines is 1. The number of para-hydroxylation sites is 2. The molecule has 29 heavy (non-hydrogen) atoms. The van der Waals surface area contributed by atoms with Crippen LogP contribution in [0.3, 0.4) is 0 Å². The van der Waals surface area contributed by atoms with E-state index >= 15 is 0 Å². The molecule has 4 aromatic rings. The van der Waals surface area contributed by atoms with Gasteiger partial charge >= 0.3 is 0 Å². The number of methoxy groups -OCH3 is 1. The van der Waals surface area contributed by atoms with Gasteiger partial charge in [0.05, 0.1) is 23.7 Å². The zero-order valence-electron chi connectivity index (χ0n) is 17.0. The van der Waals surface area contributed by atoms with Gasteiger partial charge in [-0.05, 0) is 42.3 Å². The van der Waals surface area contributed by atoms with Crippen molar-refractivity contribution < 1.29 is 9.53 Å². The van der Waals surface area contributed by atoms with Crippen molar-refractivity contribution in [1.29, 1.82) is 0 Å². The third-order valence-electron chi connectivity index (χ3n) is 5.23. The van der Waals surface area contributed by atoms with Gasteiger partial charge in [0.25, 0.3) is 5.91 Å². The van der Waals surface area contributed by atoms with E-state index in [0.717, 1.165) is 34.3 Å². The molecule has 0 radical (unpaired) electrons. The minimum atomic E-state index is -0.197. The van der Waals surface area contributed by atoms with Gasteiger partial charge in [-0.25, -0.2) is 4.98 Å². The Morgan fingerprint density at radius 3 is 2.79 bits per heavy atom. The van der Waals surface area contributed by atoms with Gasteiger partial charge in [-0.2, -0.15) is 0 Å². The lowest BCUT2D eigenvalue weighted by atomic mass is 10.0. The average molecular weight is 390 g/mol. The molecule has 6 nitrogen and oxygen atoms in total. The number of nitrogens with zero attached hydrogens (tertiary/aromatic N) is 2. The maximum atomic E-state index is 13.0. The van der Waals surface area contributed by atoms with E-state index in [1.54, 1.807) is 7.11 Å². The van der Waals surface area contributed by atoms with Crippen LogP contribution >= 0.6 is 0 Å². The molecular weight excluding hydrogens is 364 g/mol. The van der Waals surface area contributed by atoms with E-state index in [4.69, 9.17) is 4.74 Å². The maximum Gasteiger partial charge on any atom is 0.251 e. The first kappa shape index (κ1) is 19.2. The van der Waals surface area contributed by atoms with Gasteiger partial charge in [-0.1, -0.05) is 26.0 Å². The molecule has 2 N–H and O–H groups in total. The van der Waals surface area contributed by atoms with Crippen molar-refractivity contribution in [3.8, 4) is 0 Å². The van der Waals surface area contributed by atoms with Crippen molar-refractivity contribution in [1.82, 2.24) is 19.9 Å². The van der Waals surface area contributed by atoms with Crippen molar-refractivity contribution in [2.45, 2.75) is 26.4 Å².